The molecule has 8 aromatic carbocycles. The van der Waals surface area contributed by atoms with Crippen molar-refractivity contribution in [3.63, 3.8) is 0 Å². The highest BCUT2D eigenvalue weighted by atomic mass is 127. The topological polar surface area (TPSA) is 21.1 Å². The minimum atomic E-state index is 0.979. The summed E-state index contributed by atoms with van der Waals surface area (Å²) < 4.78 is 3.46. The Bertz CT molecular complexity index is 2840. The van der Waals surface area contributed by atoms with Gasteiger partial charge in [0, 0.05) is 31.9 Å². The minimum absolute atomic E-state index is 0.979. The third-order valence-corrected chi connectivity index (χ3v) is 10.6. The van der Waals surface area contributed by atoms with E-state index in [0.717, 1.165) is 45.2 Å². The quantitative estimate of drug-likeness (QED) is 0.0903. The SMILES string of the molecule is C=C/C=C(\C)P.Cc1ccc(N(c2cccc(I)c2)c2ccc3cc(-c4ccccc4)ccc3c2)cc1.Cc1cccc(-n2c(-c3ccccc3)nc3ccccc32)c1. The van der Waals surface area contributed by atoms with Gasteiger partial charge in [-0.15, -0.1) is 9.24 Å². The third kappa shape index (κ3) is 10.3. The van der Waals surface area contributed by atoms with Gasteiger partial charge in [0.25, 0.3) is 0 Å². The lowest BCUT2D eigenvalue weighted by Gasteiger charge is -2.26. The van der Waals surface area contributed by atoms with Gasteiger partial charge in [-0.25, -0.2) is 4.98 Å². The largest absolute Gasteiger partial charge is 0.310 e. The Labute approximate surface area is 364 Å². The molecule has 1 atom stereocenters. The van der Waals surface area contributed by atoms with Crippen molar-refractivity contribution in [1.82, 2.24) is 9.55 Å². The molecular formula is C54H47IN3P. The summed E-state index contributed by atoms with van der Waals surface area (Å²) in [5.41, 5.74) is 12.9. The van der Waals surface area contributed by atoms with Crippen LogP contribution in [0.15, 0.2) is 218 Å². The van der Waals surface area contributed by atoms with Crippen LogP contribution in [0, 0.1) is 17.4 Å². The highest BCUT2D eigenvalue weighted by molar-refractivity contribution is 14.1. The fourth-order valence-corrected chi connectivity index (χ4v) is 7.62. The number of imidazole rings is 1. The third-order valence-electron chi connectivity index (χ3n) is 9.78. The number of hydrogen-bond acceptors (Lipinski definition) is 2. The smallest absolute Gasteiger partial charge is 0.145 e. The van der Waals surface area contributed by atoms with Crippen LogP contribution >= 0.6 is 31.8 Å². The van der Waals surface area contributed by atoms with Gasteiger partial charge in [-0.3, -0.25) is 4.57 Å². The van der Waals surface area contributed by atoms with Crippen LogP contribution in [0.5, 0.6) is 0 Å². The van der Waals surface area contributed by atoms with E-state index in [1.54, 1.807) is 6.08 Å². The molecule has 0 amide bonds. The van der Waals surface area contributed by atoms with Gasteiger partial charge >= 0.3 is 0 Å². The number of benzene rings is 8. The van der Waals surface area contributed by atoms with Crippen molar-refractivity contribution in [1.29, 1.82) is 0 Å². The first-order valence-electron chi connectivity index (χ1n) is 19.6. The normalized spacial score (nSPS) is 11.0. The molecule has 1 unspecified atom stereocenters. The van der Waals surface area contributed by atoms with Crippen LogP contribution in [-0.2, 0) is 0 Å². The van der Waals surface area contributed by atoms with E-state index in [1.807, 2.05) is 25.1 Å². The van der Waals surface area contributed by atoms with Gasteiger partial charge in [0.1, 0.15) is 5.82 Å². The molecule has 3 nitrogen and oxygen atoms in total. The van der Waals surface area contributed by atoms with Crippen molar-refractivity contribution in [2.45, 2.75) is 20.8 Å². The van der Waals surface area contributed by atoms with Crippen molar-refractivity contribution < 1.29 is 0 Å². The molecule has 0 aliphatic heterocycles. The standard InChI is InChI=1S/C29H22IN.C20H16N2.C5H9P/c1-21-10-15-27(16-11-21)31(28-9-5-8-26(30)20-28)29-17-14-24-18-23(12-13-25(24)19-29)22-6-3-2-4-7-22;1-15-8-7-11-17(14-15)22-19-13-6-5-12-18(19)21-20(22)16-9-3-2-4-10-16;1-3-4-5(2)6/h2-20H,1H3;2-14H,1H3;3-4H,1,6H2,2H3/b;;5-4+. The lowest BCUT2D eigenvalue weighted by Crippen LogP contribution is -2.10. The average molecular weight is 896 g/mol. The molecule has 0 N–H and O–H groups in total. The predicted octanol–water partition coefficient (Wildman–Crippen LogP) is 15.8. The van der Waals surface area contributed by atoms with Crippen LogP contribution in [0.2, 0.25) is 0 Å². The van der Waals surface area contributed by atoms with Gasteiger partial charge in [-0.2, -0.15) is 0 Å². The van der Waals surface area contributed by atoms with Gasteiger partial charge in [0.05, 0.1) is 11.0 Å². The van der Waals surface area contributed by atoms with Crippen LogP contribution in [0.1, 0.15) is 18.1 Å². The maximum atomic E-state index is 4.85. The minimum Gasteiger partial charge on any atom is -0.310 e. The summed E-state index contributed by atoms with van der Waals surface area (Å²) in [7, 11) is 2.57. The van der Waals surface area contributed by atoms with E-state index in [2.05, 4.69) is 244 Å². The maximum absolute atomic E-state index is 4.85. The number of rotatable bonds is 7. The molecule has 9 rings (SSSR count). The summed E-state index contributed by atoms with van der Waals surface area (Å²) in [6, 6.07) is 68.5. The highest BCUT2D eigenvalue weighted by Gasteiger charge is 2.15. The molecule has 0 fully saturated rings. The van der Waals surface area contributed by atoms with E-state index in [1.165, 1.54) is 41.9 Å². The number of para-hydroxylation sites is 2. The molecule has 1 heterocycles. The molecule has 59 heavy (non-hydrogen) atoms. The number of allylic oxidation sites excluding steroid dienone is 3. The second-order valence-electron chi connectivity index (χ2n) is 14.4. The van der Waals surface area contributed by atoms with Crippen molar-refractivity contribution in [2.24, 2.45) is 0 Å². The highest BCUT2D eigenvalue weighted by Crippen LogP contribution is 2.37. The van der Waals surface area contributed by atoms with E-state index in [9.17, 15) is 0 Å². The number of anilines is 3. The predicted molar refractivity (Wildman–Crippen MR) is 266 cm³/mol. The molecule has 0 saturated carbocycles. The second-order valence-corrected chi connectivity index (χ2v) is 16.5. The Morgan fingerprint density at radius 3 is 1.88 bits per heavy atom. The van der Waals surface area contributed by atoms with Crippen molar-refractivity contribution >= 4 is 70.7 Å². The molecule has 0 aliphatic rings. The van der Waals surface area contributed by atoms with Crippen molar-refractivity contribution in [2.75, 3.05) is 4.90 Å². The number of fused-ring (bicyclic) bond motifs is 2. The summed E-state index contributed by atoms with van der Waals surface area (Å²) in [4.78, 5) is 7.18. The van der Waals surface area contributed by atoms with Crippen LogP contribution in [-0.4, -0.2) is 9.55 Å². The molecule has 0 saturated heterocycles. The van der Waals surface area contributed by atoms with Crippen LogP contribution in [0.4, 0.5) is 17.1 Å². The zero-order valence-electron chi connectivity index (χ0n) is 33.6. The van der Waals surface area contributed by atoms with Crippen LogP contribution in [0.3, 0.4) is 0 Å². The monoisotopic (exact) mass is 895 g/mol. The molecule has 5 heteroatoms. The Morgan fingerprint density at radius 2 is 1.20 bits per heavy atom. The van der Waals surface area contributed by atoms with E-state index >= 15 is 0 Å². The van der Waals surface area contributed by atoms with Gasteiger partial charge < -0.3 is 4.90 Å². The summed E-state index contributed by atoms with van der Waals surface area (Å²) >= 11 is 2.38. The van der Waals surface area contributed by atoms with E-state index in [4.69, 9.17) is 4.98 Å². The number of hydrogen-bond donors (Lipinski definition) is 0. The number of halogens is 1. The lowest BCUT2D eigenvalue weighted by atomic mass is 10.0. The first-order valence-corrected chi connectivity index (χ1v) is 21.3. The molecular weight excluding hydrogens is 848 g/mol. The van der Waals surface area contributed by atoms with Gasteiger partial charge in [0.15, 0.2) is 0 Å². The number of aryl methyl sites for hydroxylation is 2. The molecule has 0 radical (unpaired) electrons. The van der Waals surface area contributed by atoms with Gasteiger partial charge in [0.2, 0.25) is 0 Å². The molecule has 0 spiro atoms. The molecule has 0 bridgehead atoms. The summed E-state index contributed by atoms with van der Waals surface area (Å²) in [5, 5.41) is 3.70. The Morgan fingerprint density at radius 1 is 0.576 bits per heavy atom. The first kappa shape index (κ1) is 41.1. The lowest BCUT2D eigenvalue weighted by molar-refractivity contribution is 1.10. The summed E-state index contributed by atoms with van der Waals surface area (Å²) in [5.74, 6) is 0.979. The van der Waals surface area contributed by atoms with E-state index in [-0.39, 0.29) is 0 Å². The average Bonchev–Trinajstić information content (AvgIpc) is 3.65. The van der Waals surface area contributed by atoms with Gasteiger partial charge in [-0.1, -0.05) is 151 Å². The summed E-state index contributed by atoms with van der Waals surface area (Å²) in [6.07, 6.45) is 3.70. The zero-order valence-corrected chi connectivity index (χ0v) is 36.9. The Kier molecular flexibility index (Phi) is 13.6. The first-order chi connectivity index (χ1) is 28.8. The van der Waals surface area contributed by atoms with Crippen LogP contribution in [0.25, 0.3) is 50.0 Å². The van der Waals surface area contributed by atoms with E-state index < -0.39 is 0 Å². The molecule has 290 valence electrons. The second kappa shape index (κ2) is 19.6. The number of nitrogens with zero attached hydrogens (tertiary/aromatic N) is 3. The molecule has 9 aromatic rings. The molecule has 0 aliphatic carbocycles. The zero-order chi connectivity index (χ0) is 41.1. The van der Waals surface area contributed by atoms with E-state index in [0.29, 0.717) is 0 Å². The Balaban J connectivity index is 0.000000164. The van der Waals surface area contributed by atoms with Crippen LogP contribution < -0.4 is 4.90 Å². The fourth-order valence-electron chi connectivity index (χ4n) is 6.96. The maximum Gasteiger partial charge on any atom is 0.145 e. The molecule has 1 aromatic heterocycles. The number of aromatic nitrogens is 2. The Hall–Kier alpha value is -6.07. The van der Waals surface area contributed by atoms with Crippen molar-refractivity contribution in [3.05, 3.63) is 233 Å². The summed E-state index contributed by atoms with van der Waals surface area (Å²) in [6.45, 7) is 9.76. The van der Waals surface area contributed by atoms with Gasteiger partial charge in [-0.05, 0) is 144 Å². The van der Waals surface area contributed by atoms with Crippen molar-refractivity contribution in [3.8, 4) is 28.2 Å². The fraction of sp³-hybridized carbons (Fsp3) is 0.0556.